The number of rotatable bonds is 4. The van der Waals surface area contributed by atoms with Gasteiger partial charge in [-0.1, -0.05) is 0 Å². The largest absolute Gasteiger partial charge is 0.459 e. The predicted molar refractivity (Wildman–Crippen MR) is 70.9 cm³/mol. The quantitative estimate of drug-likeness (QED) is 0.608. The van der Waals surface area contributed by atoms with Gasteiger partial charge in [0.05, 0.1) is 12.4 Å². The Hall–Kier alpha value is -0.660. The van der Waals surface area contributed by atoms with Crippen LogP contribution in [-0.2, 0) is 23.8 Å². The van der Waals surface area contributed by atoms with Gasteiger partial charge < -0.3 is 10.5 Å². The Labute approximate surface area is 114 Å². The molecule has 1 fully saturated rings. The number of nitrogens with two attached hydrogens (primary N) is 1. The highest BCUT2D eigenvalue weighted by Crippen LogP contribution is 2.31. The van der Waals surface area contributed by atoms with Crippen molar-refractivity contribution in [1.82, 2.24) is 0 Å². The molecule has 112 valence electrons. The maximum absolute atomic E-state index is 11.8. The van der Waals surface area contributed by atoms with Gasteiger partial charge >= 0.3 is 5.97 Å². The van der Waals surface area contributed by atoms with Crippen LogP contribution < -0.4 is 5.73 Å². The summed E-state index contributed by atoms with van der Waals surface area (Å²) in [6.45, 7) is 5.34. The molecule has 0 aromatic heterocycles. The topological polar surface area (TPSA) is 95.7 Å². The normalized spacial score (nSPS) is 26.2. The third-order valence-electron chi connectivity index (χ3n) is 2.92. The lowest BCUT2D eigenvalue weighted by Crippen LogP contribution is -2.42. The summed E-state index contributed by atoms with van der Waals surface area (Å²) in [4.78, 5) is 11.8. The molecule has 19 heavy (non-hydrogen) atoms. The molecule has 0 aromatic carbocycles. The summed E-state index contributed by atoms with van der Waals surface area (Å²) in [7, 11) is -3.46. The first-order chi connectivity index (χ1) is 8.48. The number of carbonyl (C=O) groups is 1. The molecular weight excluding hydrogens is 270 g/mol. The van der Waals surface area contributed by atoms with E-state index in [2.05, 4.69) is 0 Å². The molecule has 0 saturated heterocycles. The zero-order valence-corrected chi connectivity index (χ0v) is 12.7. The molecule has 0 heterocycles. The van der Waals surface area contributed by atoms with Gasteiger partial charge in [0, 0.05) is 0 Å². The first kappa shape index (κ1) is 16.4. The number of hydrogen-bond acceptors (Lipinski definition) is 6. The molecule has 0 aliphatic heterocycles. The Balaban J connectivity index is 2.52. The Morgan fingerprint density at radius 1 is 1.32 bits per heavy atom. The van der Waals surface area contributed by atoms with Crippen LogP contribution in [0.3, 0.4) is 0 Å². The SMILES string of the molecule is CC(C)(C)OC(=O)C(N)[C@H]1CC[C@@H](OS(C)(=O)=O)C1. The minimum Gasteiger partial charge on any atom is -0.459 e. The van der Waals surface area contributed by atoms with Gasteiger partial charge in [-0.05, 0) is 46.0 Å². The molecule has 6 nitrogen and oxygen atoms in total. The van der Waals surface area contributed by atoms with E-state index in [1.165, 1.54) is 0 Å². The van der Waals surface area contributed by atoms with E-state index in [0.29, 0.717) is 19.3 Å². The van der Waals surface area contributed by atoms with Crippen molar-refractivity contribution in [2.75, 3.05) is 6.26 Å². The first-order valence-electron chi connectivity index (χ1n) is 6.34. The molecule has 2 N–H and O–H groups in total. The van der Waals surface area contributed by atoms with E-state index < -0.39 is 27.7 Å². The van der Waals surface area contributed by atoms with E-state index in [4.69, 9.17) is 14.7 Å². The highest BCUT2D eigenvalue weighted by molar-refractivity contribution is 7.86. The molecular formula is C12H23NO5S. The summed E-state index contributed by atoms with van der Waals surface area (Å²) < 4.78 is 32.2. The molecule has 0 spiro atoms. The molecule has 0 bridgehead atoms. The van der Waals surface area contributed by atoms with Gasteiger partial charge in [0.2, 0.25) is 0 Å². The highest BCUT2D eigenvalue weighted by atomic mass is 32.2. The molecule has 1 saturated carbocycles. The van der Waals surface area contributed by atoms with Crippen LogP contribution in [0.15, 0.2) is 0 Å². The van der Waals surface area contributed by atoms with Crippen molar-refractivity contribution in [3.05, 3.63) is 0 Å². The molecule has 1 aliphatic rings. The number of hydrogen-bond donors (Lipinski definition) is 1. The second-order valence-electron chi connectivity index (χ2n) is 6.05. The lowest BCUT2D eigenvalue weighted by Gasteiger charge is -2.24. The van der Waals surface area contributed by atoms with Gasteiger partial charge in [-0.25, -0.2) is 0 Å². The monoisotopic (exact) mass is 293 g/mol. The van der Waals surface area contributed by atoms with Crippen LogP contribution in [0.2, 0.25) is 0 Å². The van der Waals surface area contributed by atoms with Crippen LogP contribution in [0.4, 0.5) is 0 Å². The van der Waals surface area contributed by atoms with E-state index >= 15 is 0 Å². The fourth-order valence-electron chi connectivity index (χ4n) is 2.20. The maximum atomic E-state index is 11.8. The fourth-order valence-corrected chi connectivity index (χ4v) is 2.87. The van der Waals surface area contributed by atoms with Crippen molar-refractivity contribution in [3.8, 4) is 0 Å². The van der Waals surface area contributed by atoms with Gasteiger partial charge in [-0.2, -0.15) is 8.42 Å². The van der Waals surface area contributed by atoms with Crippen molar-refractivity contribution in [3.63, 3.8) is 0 Å². The smallest absolute Gasteiger partial charge is 0.323 e. The lowest BCUT2D eigenvalue weighted by molar-refractivity contribution is -0.157. The third kappa shape index (κ3) is 5.88. The van der Waals surface area contributed by atoms with Crippen molar-refractivity contribution in [2.45, 2.75) is 57.8 Å². The summed E-state index contributed by atoms with van der Waals surface area (Å²) in [5.41, 5.74) is 5.30. The second-order valence-corrected chi connectivity index (χ2v) is 7.66. The molecule has 0 amide bonds. The molecule has 0 radical (unpaired) electrons. The third-order valence-corrected chi connectivity index (χ3v) is 3.54. The lowest BCUT2D eigenvalue weighted by atomic mass is 9.99. The van der Waals surface area contributed by atoms with Gasteiger partial charge in [-0.3, -0.25) is 8.98 Å². The average Bonchev–Trinajstić information content (AvgIpc) is 2.59. The Bertz CT molecular complexity index is 426. The Morgan fingerprint density at radius 2 is 1.89 bits per heavy atom. The number of ether oxygens (including phenoxy) is 1. The number of carbonyl (C=O) groups excluding carboxylic acids is 1. The van der Waals surface area contributed by atoms with Crippen molar-refractivity contribution < 1.29 is 22.1 Å². The predicted octanol–water partition coefficient (Wildman–Crippen LogP) is 0.800. The van der Waals surface area contributed by atoms with Crippen molar-refractivity contribution in [1.29, 1.82) is 0 Å². The van der Waals surface area contributed by atoms with E-state index in [-0.39, 0.29) is 12.0 Å². The van der Waals surface area contributed by atoms with Crippen LogP contribution in [-0.4, -0.2) is 38.4 Å². The summed E-state index contributed by atoms with van der Waals surface area (Å²) in [6.07, 6.45) is 2.37. The average molecular weight is 293 g/mol. The van der Waals surface area contributed by atoms with E-state index in [9.17, 15) is 13.2 Å². The van der Waals surface area contributed by atoms with Crippen molar-refractivity contribution in [2.24, 2.45) is 11.7 Å². The van der Waals surface area contributed by atoms with Crippen LogP contribution in [0.5, 0.6) is 0 Å². The standard InChI is InChI=1S/C12H23NO5S/c1-12(2,3)17-11(14)10(13)8-5-6-9(7-8)18-19(4,15)16/h8-10H,5-7,13H2,1-4H3/t8-,9+,10?/m0/s1. The molecule has 0 aromatic rings. The first-order valence-corrected chi connectivity index (χ1v) is 8.16. The van der Waals surface area contributed by atoms with E-state index in [1.54, 1.807) is 20.8 Å². The minimum absolute atomic E-state index is 0.0957. The fraction of sp³-hybridized carbons (Fsp3) is 0.917. The van der Waals surface area contributed by atoms with E-state index in [0.717, 1.165) is 6.26 Å². The second kappa shape index (κ2) is 5.76. The summed E-state index contributed by atoms with van der Waals surface area (Å²) >= 11 is 0. The molecule has 3 atom stereocenters. The minimum atomic E-state index is -3.46. The van der Waals surface area contributed by atoms with Gasteiger partial charge in [0.1, 0.15) is 11.6 Å². The summed E-state index contributed by atoms with van der Waals surface area (Å²) in [5.74, 6) is -0.542. The van der Waals surface area contributed by atoms with Gasteiger partial charge in [-0.15, -0.1) is 0 Å². The van der Waals surface area contributed by atoms with Gasteiger partial charge in [0.25, 0.3) is 10.1 Å². The zero-order valence-electron chi connectivity index (χ0n) is 11.9. The maximum Gasteiger partial charge on any atom is 0.323 e. The van der Waals surface area contributed by atoms with Crippen LogP contribution in [0, 0.1) is 5.92 Å². The van der Waals surface area contributed by atoms with E-state index in [1.807, 2.05) is 0 Å². The van der Waals surface area contributed by atoms with Crippen LogP contribution >= 0.6 is 0 Å². The molecule has 1 aliphatic carbocycles. The summed E-state index contributed by atoms with van der Waals surface area (Å²) in [5, 5.41) is 0. The Kier molecular flexibility index (Phi) is 4.97. The Morgan fingerprint density at radius 3 is 2.37 bits per heavy atom. The van der Waals surface area contributed by atoms with Crippen LogP contribution in [0.1, 0.15) is 40.0 Å². The summed E-state index contributed by atoms with van der Waals surface area (Å²) in [6, 6.07) is -0.729. The van der Waals surface area contributed by atoms with Crippen LogP contribution in [0.25, 0.3) is 0 Å². The highest BCUT2D eigenvalue weighted by Gasteiger charge is 2.36. The zero-order chi connectivity index (χ0) is 14.8. The number of esters is 1. The molecule has 7 heteroatoms. The molecule has 1 unspecified atom stereocenters. The van der Waals surface area contributed by atoms with Gasteiger partial charge in [0.15, 0.2) is 0 Å². The molecule has 1 rings (SSSR count). The van der Waals surface area contributed by atoms with Crippen molar-refractivity contribution >= 4 is 16.1 Å².